The Kier molecular flexibility index (Phi) is 13.8. The maximum absolute atomic E-state index is 12.1. The fourth-order valence-corrected chi connectivity index (χ4v) is 2.70. The second-order valence-corrected chi connectivity index (χ2v) is 10.4. The molecule has 1 unspecified atom stereocenters. The molecule has 0 radical (unpaired) electrons. The number of alkyl carbamates (subject to hydrolysis) is 1. The summed E-state index contributed by atoms with van der Waals surface area (Å²) in [6.45, 7) is 5.54. The molecule has 0 aromatic carbocycles. The summed E-state index contributed by atoms with van der Waals surface area (Å²) in [7, 11) is 3.00. The van der Waals surface area contributed by atoms with E-state index in [1.807, 2.05) is 0 Å². The third-order valence-electron chi connectivity index (χ3n) is 2.17. The topological polar surface area (TPSA) is 90.9 Å². The Bertz CT molecular complexity index is 420. The summed E-state index contributed by atoms with van der Waals surface area (Å²) in [4.78, 5) is 35.7. The van der Waals surface area contributed by atoms with E-state index in [1.165, 1.54) is 17.9 Å². The van der Waals surface area contributed by atoms with E-state index in [1.54, 1.807) is 20.8 Å². The Morgan fingerprint density at radius 2 is 1.58 bits per heavy atom. The molecule has 0 saturated heterocycles. The molecular formula is C13H21I2NO6S2. The predicted molar refractivity (Wildman–Crippen MR) is 113 cm³/mol. The highest BCUT2D eigenvalue weighted by atomic mass is 127. The zero-order chi connectivity index (χ0) is 18.6. The third kappa shape index (κ3) is 13.6. The predicted octanol–water partition coefficient (Wildman–Crippen LogP) is 3.52. The first-order valence-electron chi connectivity index (χ1n) is 6.98. The first kappa shape index (κ1) is 24.4. The summed E-state index contributed by atoms with van der Waals surface area (Å²) in [6.07, 6.45) is -1.09. The number of hydrogen-bond donors (Lipinski definition) is 1. The van der Waals surface area contributed by atoms with Crippen LogP contribution in [-0.4, -0.2) is 54.4 Å². The summed E-state index contributed by atoms with van der Waals surface area (Å²) in [5, 5.41) is 2.37. The summed E-state index contributed by atoms with van der Waals surface area (Å²) >= 11 is 4.18. The molecular weight excluding hydrogens is 584 g/mol. The van der Waals surface area contributed by atoms with Crippen LogP contribution in [0.4, 0.5) is 4.79 Å². The first-order valence-corrected chi connectivity index (χ1v) is 14.0. The van der Waals surface area contributed by atoms with Crippen molar-refractivity contribution in [3.63, 3.8) is 0 Å². The van der Waals surface area contributed by atoms with Crippen molar-refractivity contribution in [1.82, 2.24) is 5.32 Å². The zero-order valence-corrected chi connectivity index (χ0v) is 19.6. The van der Waals surface area contributed by atoms with Crippen molar-refractivity contribution >= 4 is 78.3 Å². The lowest BCUT2D eigenvalue weighted by atomic mass is 10.2. The molecule has 0 aromatic heterocycles. The van der Waals surface area contributed by atoms with Crippen molar-refractivity contribution < 1.29 is 28.6 Å². The Morgan fingerprint density at radius 3 is 2.08 bits per heavy atom. The van der Waals surface area contributed by atoms with E-state index < -0.39 is 29.7 Å². The van der Waals surface area contributed by atoms with Gasteiger partial charge in [-0.05, 0) is 63.2 Å². The van der Waals surface area contributed by atoms with E-state index in [0.29, 0.717) is 11.5 Å². The normalized spacial score (nSPS) is 12.2. The monoisotopic (exact) mass is 605 g/mol. The van der Waals surface area contributed by atoms with Crippen molar-refractivity contribution in [2.24, 2.45) is 0 Å². The van der Waals surface area contributed by atoms with Crippen LogP contribution in [0.15, 0.2) is 0 Å². The van der Waals surface area contributed by atoms with Gasteiger partial charge in [-0.3, -0.25) is 4.79 Å². The molecule has 140 valence electrons. The smallest absolute Gasteiger partial charge is 0.408 e. The van der Waals surface area contributed by atoms with Crippen LogP contribution in [0.1, 0.15) is 27.2 Å². The van der Waals surface area contributed by atoms with Gasteiger partial charge in [0.15, 0.2) is 0 Å². The summed E-state index contributed by atoms with van der Waals surface area (Å²) in [6, 6.07) is -1.14. The van der Waals surface area contributed by atoms with Gasteiger partial charge in [0.05, 0.1) is 6.42 Å². The third-order valence-corrected chi connectivity index (χ3v) is 5.46. The fraction of sp³-hybridized carbons (Fsp3) is 0.769. The quantitative estimate of drug-likeness (QED) is 0.175. The molecule has 1 N–H and O–H groups in total. The van der Waals surface area contributed by atoms with Crippen LogP contribution in [0.25, 0.3) is 0 Å². The van der Waals surface area contributed by atoms with Gasteiger partial charge in [0.2, 0.25) is 0 Å². The minimum absolute atomic E-state index is 0.194. The fourth-order valence-electron chi connectivity index (χ4n) is 1.33. The van der Waals surface area contributed by atoms with Crippen molar-refractivity contribution in [2.45, 2.75) is 38.8 Å². The Morgan fingerprint density at radius 1 is 1.04 bits per heavy atom. The molecule has 0 fully saturated rings. The molecule has 0 aliphatic heterocycles. The van der Waals surface area contributed by atoms with E-state index in [2.05, 4.69) is 47.7 Å². The lowest BCUT2D eigenvalue weighted by Crippen LogP contribution is -2.45. The van der Waals surface area contributed by atoms with E-state index in [4.69, 9.17) is 14.2 Å². The average Bonchev–Trinajstić information content (AvgIpc) is 2.45. The standard InChI is InChI=1S/C13H21I2NO6S2/c1-13(2,3)22-12(19)16-9(11(18)21-5-7-24-15)8-10(17)20-4-6-23-14/h9H,4-8H2,1-3H3,(H,16,19). The maximum Gasteiger partial charge on any atom is 0.408 e. The first-order chi connectivity index (χ1) is 11.2. The van der Waals surface area contributed by atoms with Crippen LogP contribution < -0.4 is 5.32 Å². The average molecular weight is 605 g/mol. The van der Waals surface area contributed by atoms with Gasteiger partial charge in [-0.25, -0.2) is 9.59 Å². The molecule has 0 bridgehead atoms. The minimum atomic E-state index is -1.14. The second kappa shape index (κ2) is 13.6. The molecule has 1 amide bonds. The Labute approximate surface area is 174 Å². The van der Waals surface area contributed by atoms with Crippen molar-refractivity contribution in [1.29, 1.82) is 0 Å². The Balaban J connectivity index is 4.66. The van der Waals surface area contributed by atoms with E-state index >= 15 is 0 Å². The van der Waals surface area contributed by atoms with Gasteiger partial charge >= 0.3 is 18.0 Å². The second-order valence-electron chi connectivity index (χ2n) is 5.42. The zero-order valence-electron chi connectivity index (χ0n) is 13.6. The molecule has 11 heteroatoms. The van der Waals surface area contributed by atoms with Gasteiger partial charge in [-0.15, -0.1) is 0 Å². The van der Waals surface area contributed by atoms with Crippen LogP contribution in [0, 0.1) is 0 Å². The van der Waals surface area contributed by atoms with Gasteiger partial charge in [0.1, 0.15) is 24.9 Å². The number of halogens is 2. The molecule has 0 saturated carbocycles. The van der Waals surface area contributed by atoms with E-state index in [-0.39, 0.29) is 19.6 Å². The van der Waals surface area contributed by atoms with Gasteiger partial charge < -0.3 is 19.5 Å². The SMILES string of the molecule is CC(C)(C)OC(=O)NC(CC(=O)OCCSI)C(=O)OCCSI. The highest BCUT2D eigenvalue weighted by Crippen LogP contribution is 2.12. The highest BCUT2D eigenvalue weighted by Gasteiger charge is 2.28. The largest absolute Gasteiger partial charge is 0.465 e. The number of nitrogens with one attached hydrogen (secondary N) is 1. The number of ether oxygens (including phenoxy) is 3. The lowest BCUT2D eigenvalue weighted by Gasteiger charge is -2.22. The summed E-state index contributed by atoms with van der Waals surface area (Å²) in [5.74, 6) is -0.00964. The van der Waals surface area contributed by atoms with Gasteiger partial charge in [0.25, 0.3) is 0 Å². The molecule has 24 heavy (non-hydrogen) atoms. The highest BCUT2D eigenvalue weighted by molar-refractivity contribution is 14.2. The molecule has 0 heterocycles. The number of rotatable bonds is 10. The summed E-state index contributed by atoms with van der Waals surface area (Å²) < 4.78 is 15.2. The minimum Gasteiger partial charge on any atom is -0.465 e. The van der Waals surface area contributed by atoms with Crippen molar-refractivity contribution in [3.05, 3.63) is 0 Å². The number of carbonyl (C=O) groups is 3. The van der Waals surface area contributed by atoms with Crippen LogP contribution in [0.3, 0.4) is 0 Å². The molecule has 0 aliphatic carbocycles. The number of esters is 2. The van der Waals surface area contributed by atoms with E-state index in [9.17, 15) is 14.4 Å². The number of carbonyl (C=O) groups excluding carboxylic acids is 3. The molecule has 0 aliphatic rings. The van der Waals surface area contributed by atoms with E-state index in [0.717, 1.165) is 0 Å². The lowest BCUT2D eigenvalue weighted by molar-refractivity contribution is -0.152. The van der Waals surface area contributed by atoms with Gasteiger partial charge in [-0.2, -0.15) is 0 Å². The molecule has 0 aromatic rings. The van der Waals surface area contributed by atoms with Crippen LogP contribution >= 0.6 is 60.3 Å². The number of amides is 1. The summed E-state index contributed by atoms with van der Waals surface area (Å²) in [5.41, 5.74) is -0.714. The van der Waals surface area contributed by atoms with Crippen molar-refractivity contribution in [2.75, 3.05) is 24.7 Å². The molecule has 7 nitrogen and oxygen atoms in total. The van der Waals surface area contributed by atoms with Gasteiger partial charge in [0, 0.05) is 11.5 Å². The Hall–Kier alpha value is 0.370. The number of hydrogen-bond acceptors (Lipinski definition) is 8. The molecule has 0 rings (SSSR count). The molecule has 1 atom stereocenters. The van der Waals surface area contributed by atoms with Crippen LogP contribution in [0.5, 0.6) is 0 Å². The maximum atomic E-state index is 12.1. The van der Waals surface area contributed by atoms with Gasteiger partial charge in [-0.1, -0.05) is 17.9 Å². The van der Waals surface area contributed by atoms with Crippen LogP contribution in [0.2, 0.25) is 0 Å². The van der Waals surface area contributed by atoms with Crippen LogP contribution in [-0.2, 0) is 23.8 Å². The molecule has 0 spiro atoms. The van der Waals surface area contributed by atoms with Crippen molar-refractivity contribution in [3.8, 4) is 0 Å².